The van der Waals surface area contributed by atoms with Crippen molar-refractivity contribution in [3.05, 3.63) is 169 Å². The van der Waals surface area contributed by atoms with E-state index in [4.69, 9.17) is 0 Å². The molecule has 0 nitrogen and oxygen atoms in total. The van der Waals surface area contributed by atoms with Crippen LogP contribution in [0.2, 0.25) is 0 Å². The summed E-state index contributed by atoms with van der Waals surface area (Å²) in [5.74, 6) is 0. The minimum atomic E-state index is -2.80. The van der Waals surface area contributed by atoms with Gasteiger partial charge in [0.2, 0.25) is 0 Å². The van der Waals surface area contributed by atoms with Crippen molar-refractivity contribution in [2.24, 2.45) is 0 Å². The molecule has 0 aliphatic heterocycles. The van der Waals surface area contributed by atoms with Gasteiger partial charge >= 0.3 is 321 Å². The first-order chi connectivity index (χ1) is 24.9. The van der Waals surface area contributed by atoms with Crippen molar-refractivity contribution >= 4 is 52.8 Å². The molecular weight excluding hydrogens is 775 g/mol. The van der Waals surface area contributed by atoms with E-state index in [0.717, 1.165) is 25.7 Å². The Kier molecular flexibility index (Phi) is 11.7. The van der Waals surface area contributed by atoms with Gasteiger partial charge in [-0.1, -0.05) is 0 Å². The summed E-state index contributed by atoms with van der Waals surface area (Å²) in [4.78, 5) is 0. The molecule has 0 saturated carbocycles. The molecule has 2 aliphatic carbocycles. The first-order valence-corrected chi connectivity index (χ1v) is 22.9. The maximum absolute atomic E-state index is 2.80. The molecule has 3 heteroatoms. The molecule has 54 heavy (non-hydrogen) atoms. The number of benzene rings is 6. The normalized spacial score (nSPS) is 13.3. The van der Waals surface area contributed by atoms with Crippen LogP contribution in [0.3, 0.4) is 0 Å². The van der Waals surface area contributed by atoms with Gasteiger partial charge in [0, 0.05) is 0 Å². The van der Waals surface area contributed by atoms with Crippen LogP contribution in [-0.4, -0.2) is 3.21 Å². The summed E-state index contributed by atoms with van der Waals surface area (Å²) in [5, 5.41) is 5.46. The molecule has 0 amide bonds. The Morgan fingerprint density at radius 3 is 1.70 bits per heavy atom. The zero-order valence-corrected chi connectivity index (χ0v) is 37.3. The van der Waals surface area contributed by atoms with Gasteiger partial charge < -0.3 is 0 Å². The molecule has 0 N–H and O–H groups in total. The first-order valence-electron chi connectivity index (χ1n) is 19.2. The summed E-state index contributed by atoms with van der Waals surface area (Å²) in [6.45, 7) is 19.2. The molecule has 0 atom stereocenters. The summed E-state index contributed by atoms with van der Waals surface area (Å²) in [7, 11) is 0. The van der Waals surface area contributed by atoms with Gasteiger partial charge in [-0.2, -0.15) is 0 Å². The van der Waals surface area contributed by atoms with Crippen molar-refractivity contribution in [1.82, 2.24) is 0 Å². The minimum absolute atomic E-state index is 0. The zero-order valence-electron chi connectivity index (χ0n) is 33.2. The van der Waals surface area contributed by atoms with Crippen LogP contribution in [0.25, 0.3) is 32.7 Å². The molecule has 276 valence electrons. The van der Waals surface area contributed by atoms with Crippen LogP contribution in [0.4, 0.5) is 0 Å². The molecule has 0 unspecified atom stereocenters. The van der Waals surface area contributed by atoms with E-state index in [1.807, 2.05) is 0 Å². The van der Waals surface area contributed by atoms with E-state index < -0.39 is 21.3 Å². The van der Waals surface area contributed by atoms with Crippen LogP contribution in [0.15, 0.2) is 125 Å². The predicted molar refractivity (Wildman–Crippen MR) is 238 cm³/mol. The molecule has 0 heterocycles. The van der Waals surface area contributed by atoms with Crippen LogP contribution in [0.1, 0.15) is 92.5 Å². The number of rotatable bonds is 6. The number of hydrogen-bond acceptors (Lipinski definition) is 0. The van der Waals surface area contributed by atoms with Gasteiger partial charge in [-0.05, 0) is 0 Å². The number of allylic oxidation sites excluding steroid dienone is 4. The smallest absolute Gasteiger partial charge is 0.147 e. The molecule has 6 aromatic carbocycles. The standard InChI is InChI=1S/C23H18.C23H29.C5H5.2ClH.Zr/c1-3-16-22-18(8-1)10-5-12-20(22)14-7-15-21-13-6-11-19-9-2-4-17-23(19)21;1-14-9-16-11-17-10-15(2)21(23(6,7)8)13-19(17)18(16)12-20(14)22(3,4)5;1-2-4-5-3-1;;;/h1-6,8-13,16-17H,14-15H2;9,12-13H,11H2,1-8H3;1-3H,4H2;2*1H;. The Hall–Kier alpha value is -3.35. The van der Waals surface area contributed by atoms with Crippen molar-refractivity contribution in [2.75, 3.05) is 0 Å². The fourth-order valence-corrected chi connectivity index (χ4v) is 17.9. The van der Waals surface area contributed by atoms with Gasteiger partial charge in [-0.25, -0.2) is 0 Å². The summed E-state index contributed by atoms with van der Waals surface area (Å²) in [5.41, 5.74) is 15.2. The van der Waals surface area contributed by atoms with E-state index in [2.05, 4.69) is 177 Å². The molecule has 0 spiro atoms. The van der Waals surface area contributed by atoms with Gasteiger partial charge in [0.25, 0.3) is 0 Å². The fourth-order valence-electron chi connectivity index (χ4n) is 9.33. The molecule has 2 aliphatic rings. The van der Waals surface area contributed by atoms with Crippen LogP contribution in [0.5, 0.6) is 0 Å². The van der Waals surface area contributed by atoms with E-state index in [1.54, 1.807) is 20.9 Å². The molecule has 0 radical (unpaired) electrons. The van der Waals surface area contributed by atoms with Crippen molar-refractivity contribution < 1.29 is 21.3 Å². The van der Waals surface area contributed by atoms with Crippen LogP contribution < -0.4 is 3.27 Å². The second-order valence-corrected chi connectivity index (χ2v) is 23.8. The van der Waals surface area contributed by atoms with Crippen molar-refractivity contribution in [3.8, 4) is 11.1 Å². The first kappa shape index (κ1) is 40.3. The van der Waals surface area contributed by atoms with Gasteiger partial charge in [0.1, 0.15) is 0 Å². The van der Waals surface area contributed by atoms with Gasteiger partial charge in [0.05, 0.1) is 0 Å². The average Bonchev–Trinajstić information content (AvgIpc) is 3.76. The van der Waals surface area contributed by atoms with Crippen LogP contribution in [0, 0.1) is 13.8 Å². The molecule has 0 fully saturated rings. The number of fused-ring (bicyclic) bond motifs is 5. The predicted octanol–water partition coefficient (Wildman–Crippen LogP) is 13.4. The Labute approximate surface area is 343 Å². The largest absolute Gasteiger partial charge is 0.147 e. The van der Waals surface area contributed by atoms with Gasteiger partial charge in [0.15, 0.2) is 0 Å². The topological polar surface area (TPSA) is 0 Å². The summed E-state index contributed by atoms with van der Waals surface area (Å²) in [6, 6.07) is 39.7. The van der Waals surface area contributed by atoms with Crippen molar-refractivity contribution in [3.63, 3.8) is 0 Å². The SMILES string of the molecule is Cc1cc2c(cc1C(C)(C)C)-c1cc(C(C)(C)C)c(C)[c]([Zr]([C]3=CC=CC3)=[C](Cc3cccc4ccccc34)Cc3cccc4ccccc34)c1C2.Cl.Cl. The number of aryl methyl sites for hydroxylation is 1. The number of hydrogen-bond donors (Lipinski definition) is 0. The Morgan fingerprint density at radius 1 is 0.630 bits per heavy atom. The molecule has 0 aromatic heterocycles. The monoisotopic (exact) mass is 826 g/mol. The van der Waals surface area contributed by atoms with Crippen LogP contribution >= 0.6 is 24.8 Å². The number of halogens is 2. The van der Waals surface area contributed by atoms with E-state index >= 15 is 0 Å². The summed E-state index contributed by atoms with van der Waals surface area (Å²) in [6.07, 6.45) is 11.4. The third-order valence-corrected chi connectivity index (χ3v) is 19.7. The maximum atomic E-state index is 2.61. The second kappa shape index (κ2) is 15.7. The molecular formula is C51H54Cl2Zr. The van der Waals surface area contributed by atoms with Crippen LogP contribution in [-0.2, 0) is 51.4 Å². The van der Waals surface area contributed by atoms with Gasteiger partial charge in [-0.3, -0.25) is 0 Å². The van der Waals surface area contributed by atoms with E-state index in [-0.39, 0.29) is 35.6 Å². The zero-order chi connectivity index (χ0) is 36.4. The molecule has 8 rings (SSSR count). The van der Waals surface area contributed by atoms with E-state index in [0.29, 0.717) is 0 Å². The summed E-state index contributed by atoms with van der Waals surface area (Å²) >= 11 is -2.80. The third-order valence-electron chi connectivity index (χ3n) is 11.7. The average molecular weight is 829 g/mol. The summed E-state index contributed by atoms with van der Waals surface area (Å²) < 4.78 is 5.25. The second-order valence-electron chi connectivity index (χ2n) is 17.4. The van der Waals surface area contributed by atoms with Gasteiger partial charge in [-0.15, -0.1) is 24.8 Å². The quantitative estimate of drug-likeness (QED) is 0.157. The third kappa shape index (κ3) is 7.47. The molecule has 6 aromatic rings. The fraction of sp³-hybridized carbons (Fsp3) is 0.275. The van der Waals surface area contributed by atoms with Crippen molar-refractivity contribution in [2.45, 2.75) is 91.9 Å². The maximum Gasteiger partial charge on any atom is -0.147 e. The van der Waals surface area contributed by atoms with E-state index in [1.165, 1.54) is 66.1 Å². The molecule has 0 saturated heterocycles. The molecule has 0 bridgehead atoms. The Bertz CT molecular complexity index is 2400. The Morgan fingerprint density at radius 2 is 1.17 bits per heavy atom. The van der Waals surface area contributed by atoms with E-state index in [9.17, 15) is 0 Å². The Balaban J connectivity index is 0.00000249. The van der Waals surface area contributed by atoms with Crippen molar-refractivity contribution in [1.29, 1.82) is 0 Å². The minimum Gasteiger partial charge on any atom is -0.147 e.